The summed E-state index contributed by atoms with van der Waals surface area (Å²) in [6.45, 7) is 9.56. The molecule has 1 atom stereocenters. The van der Waals surface area contributed by atoms with Crippen LogP contribution in [0.4, 0.5) is 0 Å². The first-order valence-corrected chi connectivity index (χ1v) is 11.0. The van der Waals surface area contributed by atoms with Crippen molar-refractivity contribution in [2.45, 2.75) is 45.6 Å². The summed E-state index contributed by atoms with van der Waals surface area (Å²) in [7, 11) is -1.26. The van der Waals surface area contributed by atoms with E-state index in [-0.39, 0.29) is 17.2 Å². The van der Waals surface area contributed by atoms with E-state index in [0.717, 1.165) is 5.75 Å². The van der Waals surface area contributed by atoms with E-state index in [1.807, 2.05) is 19.1 Å². The molecular weight excluding hydrogens is 350 g/mol. The fourth-order valence-corrected chi connectivity index (χ4v) is 3.06. The van der Waals surface area contributed by atoms with Crippen molar-refractivity contribution in [2.24, 2.45) is 4.99 Å². The molecule has 0 bridgehead atoms. The SMILES string of the molecule is CN=C(NCCOc1cccc(C(C)(C)C)c1)NC(C)CCS(C)(=O)=O. The molecule has 0 fully saturated rings. The van der Waals surface area contributed by atoms with Gasteiger partial charge < -0.3 is 15.4 Å². The van der Waals surface area contributed by atoms with Gasteiger partial charge in [0.05, 0.1) is 12.3 Å². The molecule has 2 N–H and O–H groups in total. The first-order valence-electron chi connectivity index (χ1n) is 8.89. The summed E-state index contributed by atoms with van der Waals surface area (Å²) in [6.07, 6.45) is 1.79. The molecule has 1 aromatic carbocycles. The molecule has 7 heteroatoms. The van der Waals surface area contributed by atoms with Crippen LogP contribution >= 0.6 is 0 Å². The van der Waals surface area contributed by atoms with E-state index in [9.17, 15) is 8.42 Å². The first-order chi connectivity index (χ1) is 12.0. The lowest BCUT2D eigenvalue weighted by Crippen LogP contribution is -2.44. The van der Waals surface area contributed by atoms with Gasteiger partial charge in [0.1, 0.15) is 22.2 Å². The minimum absolute atomic E-state index is 0.0142. The van der Waals surface area contributed by atoms with Crippen LogP contribution in [-0.4, -0.2) is 52.6 Å². The predicted octanol–water partition coefficient (Wildman–Crippen LogP) is 2.35. The second-order valence-electron chi connectivity index (χ2n) is 7.59. The molecule has 0 saturated heterocycles. The number of ether oxygens (including phenoxy) is 1. The minimum atomic E-state index is -2.95. The van der Waals surface area contributed by atoms with Gasteiger partial charge in [0, 0.05) is 19.3 Å². The Bertz CT molecular complexity index is 694. The van der Waals surface area contributed by atoms with Crippen molar-refractivity contribution in [1.82, 2.24) is 10.6 Å². The van der Waals surface area contributed by atoms with Crippen LogP contribution in [-0.2, 0) is 15.3 Å². The lowest BCUT2D eigenvalue weighted by molar-refractivity contribution is 0.320. The number of nitrogens with zero attached hydrogens (tertiary/aromatic N) is 1. The zero-order valence-electron chi connectivity index (χ0n) is 16.8. The third kappa shape index (κ3) is 9.08. The van der Waals surface area contributed by atoms with Crippen molar-refractivity contribution in [1.29, 1.82) is 0 Å². The van der Waals surface area contributed by atoms with Crippen LogP contribution in [0.15, 0.2) is 29.3 Å². The zero-order valence-corrected chi connectivity index (χ0v) is 17.6. The van der Waals surface area contributed by atoms with Crippen LogP contribution < -0.4 is 15.4 Å². The van der Waals surface area contributed by atoms with E-state index in [2.05, 4.69) is 48.5 Å². The molecule has 1 rings (SSSR count). The van der Waals surface area contributed by atoms with Crippen molar-refractivity contribution in [3.05, 3.63) is 29.8 Å². The van der Waals surface area contributed by atoms with Crippen LogP contribution in [0, 0.1) is 0 Å². The Labute approximate surface area is 158 Å². The minimum Gasteiger partial charge on any atom is -0.492 e. The maximum atomic E-state index is 11.2. The van der Waals surface area contributed by atoms with E-state index < -0.39 is 9.84 Å². The second kappa shape index (κ2) is 9.80. The Hall–Kier alpha value is -1.76. The summed E-state index contributed by atoms with van der Waals surface area (Å²) in [4.78, 5) is 4.15. The molecule has 26 heavy (non-hydrogen) atoms. The van der Waals surface area contributed by atoms with E-state index >= 15 is 0 Å². The highest BCUT2D eigenvalue weighted by atomic mass is 32.2. The van der Waals surface area contributed by atoms with E-state index in [1.54, 1.807) is 7.05 Å². The summed E-state index contributed by atoms with van der Waals surface area (Å²) in [5.41, 5.74) is 1.33. The van der Waals surface area contributed by atoms with Crippen molar-refractivity contribution >= 4 is 15.8 Å². The highest BCUT2D eigenvalue weighted by Gasteiger charge is 2.14. The van der Waals surface area contributed by atoms with Crippen molar-refractivity contribution in [3.8, 4) is 5.75 Å². The van der Waals surface area contributed by atoms with Gasteiger partial charge in [-0.05, 0) is 36.5 Å². The summed E-state index contributed by atoms with van der Waals surface area (Å²) < 4.78 is 28.3. The third-order valence-electron chi connectivity index (χ3n) is 3.89. The molecule has 1 aromatic rings. The third-order valence-corrected chi connectivity index (χ3v) is 4.87. The van der Waals surface area contributed by atoms with Gasteiger partial charge in [-0.1, -0.05) is 32.9 Å². The number of rotatable bonds is 8. The quantitative estimate of drug-likeness (QED) is 0.409. The zero-order chi connectivity index (χ0) is 19.8. The van der Waals surface area contributed by atoms with Gasteiger partial charge in [0.25, 0.3) is 0 Å². The van der Waals surface area contributed by atoms with Gasteiger partial charge in [-0.2, -0.15) is 0 Å². The Morgan fingerprint density at radius 2 is 2.00 bits per heavy atom. The normalized spacial score (nSPS) is 14.0. The number of hydrogen-bond acceptors (Lipinski definition) is 4. The number of benzene rings is 1. The molecule has 0 saturated carbocycles. The number of guanidine groups is 1. The summed E-state index contributed by atoms with van der Waals surface area (Å²) in [5.74, 6) is 1.65. The smallest absolute Gasteiger partial charge is 0.191 e. The second-order valence-corrected chi connectivity index (χ2v) is 9.85. The molecule has 0 heterocycles. The van der Waals surface area contributed by atoms with Crippen molar-refractivity contribution in [2.75, 3.05) is 32.2 Å². The van der Waals surface area contributed by atoms with E-state index in [0.29, 0.717) is 25.5 Å². The van der Waals surface area contributed by atoms with Gasteiger partial charge in [-0.3, -0.25) is 4.99 Å². The molecule has 0 aliphatic carbocycles. The van der Waals surface area contributed by atoms with Crippen molar-refractivity contribution < 1.29 is 13.2 Å². The average molecular weight is 384 g/mol. The lowest BCUT2D eigenvalue weighted by atomic mass is 9.87. The van der Waals surface area contributed by atoms with Crippen molar-refractivity contribution in [3.63, 3.8) is 0 Å². The highest BCUT2D eigenvalue weighted by Crippen LogP contribution is 2.25. The maximum Gasteiger partial charge on any atom is 0.191 e. The van der Waals surface area contributed by atoms with Gasteiger partial charge >= 0.3 is 0 Å². The van der Waals surface area contributed by atoms with Gasteiger partial charge in [-0.25, -0.2) is 8.42 Å². The van der Waals surface area contributed by atoms with Crippen LogP contribution in [0.1, 0.15) is 39.7 Å². The molecule has 0 spiro atoms. The number of nitrogens with one attached hydrogen (secondary N) is 2. The Morgan fingerprint density at radius 1 is 1.31 bits per heavy atom. The summed E-state index contributed by atoms with van der Waals surface area (Å²) >= 11 is 0. The monoisotopic (exact) mass is 383 g/mol. The largest absolute Gasteiger partial charge is 0.492 e. The summed E-state index contributed by atoms with van der Waals surface area (Å²) in [6, 6.07) is 8.15. The van der Waals surface area contributed by atoms with Gasteiger partial charge in [0.15, 0.2) is 5.96 Å². The molecule has 0 aliphatic heterocycles. The maximum absolute atomic E-state index is 11.2. The molecule has 6 nitrogen and oxygen atoms in total. The number of aliphatic imine (C=N–C) groups is 1. The molecule has 148 valence electrons. The number of sulfone groups is 1. The predicted molar refractivity (Wildman–Crippen MR) is 109 cm³/mol. The first kappa shape index (κ1) is 22.3. The molecule has 0 amide bonds. The van der Waals surface area contributed by atoms with Crippen LogP contribution in [0.3, 0.4) is 0 Å². The van der Waals surface area contributed by atoms with Crippen LogP contribution in [0.25, 0.3) is 0 Å². The highest BCUT2D eigenvalue weighted by molar-refractivity contribution is 7.90. The average Bonchev–Trinajstić information content (AvgIpc) is 2.54. The fraction of sp³-hybridized carbons (Fsp3) is 0.632. The van der Waals surface area contributed by atoms with Crippen LogP contribution in [0.5, 0.6) is 5.75 Å². The van der Waals surface area contributed by atoms with E-state index in [4.69, 9.17) is 4.74 Å². The fourth-order valence-electron chi connectivity index (χ4n) is 2.28. The lowest BCUT2D eigenvalue weighted by Gasteiger charge is -2.20. The standard InChI is InChI=1S/C19H33N3O3S/c1-15(10-13-26(6,23)24)22-18(20-5)21-11-12-25-17-9-7-8-16(14-17)19(2,3)4/h7-9,14-15H,10-13H2,1-6H3,(H2,20,21,22). The summed E-state index contributed by atoms with van der Waals surface area (Å²) in [5, 5.41) is 6.36. The molecule has 1 unspecified atom stereocenters. The Morgan fingerprint density at radius 3 is 2.58 bits per heavy atom. The Kier molecular flexibility index (Phi) is 8.40. The van der Waals surface area contributed by atoms with Crippen LogP contribution in [0.2, 0.25) is 0 Å². The van der Waals surface area contributed by atoms with Gasteiger partial charge in [-0.15, -0.1) is 0 Å². The Balaban J connectivity index is 2.39. The molecule has 0 aliphatic rings. The number of hydrogen-bond donors (Lipinski definition) is 2. The van der Waals surface area contributed by atoms with Gasteiger partial charge in [0.2, 0.25) is 0 Å². The molecule has 0 aromatic heterocycles. The molecular formula is C19H33N3O3S. The molecule has 0 radical (unpaired) electrons. The van der Waals surface area contributed by atoms with E-state index in [1.165, 1.54) is 11.8 Å². The topological polar surface area (TPSA) is 79.8 Å².